The minimum absolute atomic E-state index is 0.0652. The molecule has 43 heavy (non-hydrogen) atoms. The second-order valence-electron chi connectivity index (χ2n) is 11.3. The number of carbonyl (C=O) groups excluding carboxylic acids is 1. The van der Waals surface area contributed by atoms with Crippen molar-refractivity contribution in [2.75, 3.05) is 26.2 Å². The van der Waals surface area contributed by atoms with Crippen LogP contribution in [0, 0.1) is 0 Å². The van der Waals surface area contributed by atoms with Crippen LogP contribution in [0.1, 0.15) is 70.4 Å². The first-order chi connectivity index (χ1) is 20.4. The Morgan fingerprint density at radius 1 is 0.907 bits per heavy atom. The van der Waals surface area contributed by atoms with E-state index in [2.05, 4.69) is 14.9 Å². The molecule has 2 aliphatic heterocycles. The van der Waals surface area contributed by atoms with Crippen LogP contribution in [0.5, 0.6) is 0 Å². The molecule has 1 atom stereocenters. The van der Waals surface area contributed by atoms with Crippen molar-refractivity contribution < 1.29 is 39.6 Å². The average molecular weight is 603 g/mol. The van der Waals surface area contributed by atoms with Crippen LogP contribution in [-0.2, 0) is 32.1 Å². The van der Waals surface area contributed by atoms with E-state index in [4.69, 9.17) is 20.4 Å². The van der Waals surface area contributed by atoms with Gasteiger partial charge in [0.1, 0.15) is 0 Å². The topological polar surface area (TPSA) is 191 Å². The zero-order valence-electron chi connectivity index (χ0n) is 24.6. The Labute approximate surface area is 249 Å². The highest BCUT2D eigenvalue weighted by atomic mass is 16.4. The third-order valence-corrected chi connectivity index (χ3v) is 7.85. The van der Waals surface area contributed by atoms with Gasteiger partial charge in [-0.15, -0.1) is 0 Å². The molecule has 1 aromatic heterocycles. The van der Waals surface area contributed by atoms with E-state index in [0.717, 1.165) is 56.5 Å². The maximum atomic E-state index is 13.4. The summed E-state index contributed by atoms with van der Waals surface area (Å²) in [4.78, 5) is 61.3. The summed E-state index contributed by atoms with van der Waals surface area (Å²) in [5, 5.41) is 39.9. The standard InChI is InChI=1S/C24H34N4O2.C6H8O7/c1-2-13-28-24(30)21-12-5-4-11-20(21)22(25-28)17-23(29)27-16-9-6-10-19(27)18-26-14-7-3-8-15-26;7-3(8)1-6(13,5(11)12)2-4(9)10/h4-5,11-12,19H,2-3,6-10,13-18H2,1H3;13H,1-2H2,(H,7,8)(H,9,10)(H,11,12). The number of likely N-dealkylation sites (tertiary alicyclic amines) is 2. The smallest absolute Gasteiger partial charge is 0.336 e. The number of nitrogens with zero attached hydrogens (tertiary/aromatic N) is 4. The zero-order chi connectivity index (χ0) is 31.6. The summed E-state index contributed by atoms with van der Waals surface area (Å²) in [5.41, 5.74) is -2.08. The van der Waals surface area contributed by atoms with Crippen LogP contribution in [-0.4, -0.2) is 102 Å². The van der Waals surface area contributed by atoms with Crippen LogP contribution in [0.3, 0.4) is 0 Å². The molecule has 4 N–H and O–H groups in total. The van der Waals surface area contributed by atoms with Crippen molar-refractivity contribution in [3.8, 4) is 0 Å². The van der Waals surface area contributed by atoms with Gasteiger partial charge >= 0.3 is 17.9 Å². The lowest BCUT2D eigenvalue weighted by molar-refractivity contribution is -0.170. The fraction of sp³-hybridized carbons (Fsp3) is 0.600. The maximum Gasteiger partial charge on any atom is 0.336 e. The predicted octanol–water partition coefficient (Wildman–Crippen LogP) is 1.97. The molecule has 0 bridgehead atoms. The quantitative estimate of drug-likeness (QED) is 0.294. The molecule has 1 unspecified atom stereocenters. The Balaban J connectivity index is 0.000000331. The molecule has 4 rings (SSSR count). The number of piperidine rings is 2. The number of hydrogen-bond acceptors (Lipinski definition) is 8. The molecular weight excluding hydrogens is 560 g/mol. The number of carboxylic acids is 3. The summed E-state index contributed by atoms with van der Waals surface area (Å²) in [6, 6.07) is 7.87. The first-order valence-electron chi connectivity index (χ1n) is 14.8. The summed E-state index contributed by atoms with van der Waals surface area (Å²) in [5.74, 6) is -4.87. The van der Waals surface area contributed by atoms with E-state index in [1.54, 1.807) is 0 Å². The van der Waals surface area contributed by atoms with Gasteiger partial charge in [-0.3, -0.25) is 19.2 Å². The molecule has 2 fully saturated rings. The number of amides is 1. The van der Waals surface area contributed by atoms with Gasteiger partial charge in [-0.1, -0.05) is 31.5 Å². The molecule has 0 aliphatic carbocycles. The summed E-state index contributed by atoms with van der Waals surface area (Å²) >= 11 is 0. The van der Waals surface area contributed by atoms with Gasteiger partial charge in [0, 0.05) is 31.1 Å². The van der Waals surface area contributed by atoms with Gasteiger partial charge in [-0.2, -0.15) is 5.10 Å². The van der Waals surface area contributed by atoms with Gasteiger partial charge in [0.15, 0.2) is 5.60 Å². The highest BCUT2D eigenvalue weighted by molar-refractivity contribution is 5.89. The second-order valence-corrected chi connectivity index (χ2v) is 11.3. The highest BCUT2D eigenvalue weighted by Crippen LogP contribution is 2.22. The molecule has 236 valence electrons. The number of carboxylic acid groups (broad SMARTS) is 3. The molecule has 1 aromatic carbocycles. The molecule has 3 heterocycles. The lowest BCUT2D eigenvalue weighted by Crippen LogP contribution is -2.50. The lowest BCUT2D eigenvalue weighted by Gasteiger charge is -2.39. The largest absolute Gasteiger partial charge is 0.481 e. The second kappa shape index (κ2) is 15.6. The fourth-order valence-electron chi connectivity index (χ4n) is 5.72. The van der Waals surface area contributed by atoms with Crippen LogP contribution >= 0.6 is 0 Å². The van der Waals surface area contributed by atoms with Crippen LogP contribution in [0.4, 0.5) is 0 Å². The third kappa shape index (κ3) is 9.32. The summed E-state index contributed by atoms with van der Waals surface area (Å²) in [7, 11) is 0. The van der Waals surface area contributed by atoms with Gasteiger partial charge in [0.25, 0.3) is 5.56 Å². The van der Waals surface area contributed by atoms with E-state index in [1.165, 1.54) is 30.4 Å². The Kier molecular flexibility index (Phi) is 12.2. The number of hydrogen-bond donors (Lipinski definition) is 4. The van der Waals surface area contributed by atoms with Crippen LogP contribution in [0.25, 0.3) is 10.8 Å². The fourth-order valence-corrected chi connectivity index (χ4v) is 5.72. The van der Waals surface area contributed by atoms with E-state index in [1.807, 2.05) is 31.2 Å². The molecule has 13 nitrogen and oxygen atoms in total. The third-order valence-electron chi connectivity index (χ3n) is 7.85. The molecular formula is C30H42N4O9. The first-order valence-corrected chi connectivity index (χ1v) is 14.8. The maximum absolute atomic E-state index is 13.4. The molecule has 13 heteroatoms. The van der Waals surface area contributed by atoms with E-state index >= 15 is 0 Å². The van der Waals surface area contributed by atoms with Gasteiger partial charge in [0.05, 0.1) is 30.3 Å². The summed E-state index contributed by atoms with van der Waals surface area (Å²) < 4.78 is 1.53. The molecule has 0 radical (unpaired) electrons. The number of aromatic nitrogens is 2. The Hall–Kier alpha value is -3.84. The van der Waals surface area contributed by atoms with E-state index < -0.39 is 36.4 Å². The molecule has 0 saturated carbocycles. The number of rotatable bonds is 11. The van der Waals surface area contributed by atoms with Crippen molar-refractivity contribution in [1.29, 1.82) is 0 Å². The Morgan fingerprint density at radius 3 is 2.09 bits per heavy atom. The lowest BCUT2D eigenvalue weighted by atomic mass is 9.96. The first kappa shape index (κ1) is 33.7. The Bertz CT molecular complexity index is 1340. The van der Waals surface area contributed by atoms with Gasteiger partial charge < -0.3 is 30.2 Å². The molecule has 2 aromatic rings. The number of aryl methyl sites for hydroxylation is 1. The Morgan fingerprint density at radius 2 is 1.51 bits per heavy atom. The zero-order valence-corrected chi connectivity index (χ0v) is 24.6. The van der Waals surface area contributed by atoms with Gasteiger partial charge in [-0.25, -0.2) is 9.48 Å². The van der Waals surface area contributed by atoms with Crippen molar-refractivity contribution in [3.05, 3.63) is 40.3 Å². The predicted molar refractivity (Wildman–Crippen MR) is 157 cm³/mol. The van der Waals surface area contributed by atoms with Gasteiger partial charge in [0.2, 0.25) is 5.91 Å². The minimum Gasteiger partial charge on any atom is -0.481 e. The van der Waals surface area contributed by atoms with Crippen molar-refractivity contribution in [1.82, 2.24) is 19.6 Å². The number of aliphatic carboxylic acids is 3. The van der Waals surface area contributed by atoms with Crippen LogP contribution in [0.15, 0.2) is 29.1 Å². The number of carbonyl (C=O) groups is 4. The van der Waals surface area contributed by atoms with Crippen molar-refractivity contribution in [2.45, 2.75) is 89.3 Å². The molecule has 2 saturated heterocycles. The van der Waals surface area contributed by atoms with Crippen LogP contribution in [0.2, 0.25) is 0 Å². The van der Waals surface area contributed by atoms with Crippen LogP contribution < -0.4 is 5.56 Å². The monoisotopic (exact) mass is 602 g/mol. The van der Waals surface area contributed by atoms with E-state index in [0.29, 0.717) is 18.0 Å². The van der Waals surface area contributed by atoms with Gasteiger partial charge in [-0.05, 0) is 57.7 Å². The van der Waals surface area contributed by atoms with Crippen molar-refractivity contribution in [3.63, 3.8) is 0 Å². The summed E-state index contributed by atoms with van der Waals surface area (Å²) in [6.07, 6.45) is 6.05. The normalized spacial score (nSPS) is 17.6. The van der Waals surface area contributed by atoms with Crippen molar-refractivity contribution in [2.24, 2.45) is 0 Å². The summed E-state index contributed by atoms with van der Waals surface area (Å²) in [6.45, 7) is 6.76. The SMILES string of the molecule is CCCn1nc(CC(=O)N2CCCCC2CN2CCCCC2)c2ccccc2c1=O.O=C(O)CC(O)(CC(=O)O)C(=O)O. The van der Waals surface area contributed by atoms with E-state index in [-0.39, 0.29) is 17.9 Å². The van der Waals surface area contributed by atoms with E-state index in [9.17, 15) is 24.0 Å². The highest BCUT2D eigenvalue weighted by Gasteiger charge is 2.40. The average Bonchev–Trinajstić information content (AvgIpc) is 2.96. The molecule has 1 amide bonds. The number of fused-ring (bicyclic) bond motifs is 1. The number of benzene rings is 1. The minimum atomic E-state index is -2.74. The molecule has 0 spiro atoms. The molecule has 2 aliphatic rings. The number of aliphatic hydroxyl groups is 1. The van der Waals surface area contributed by atoms with Crippen molar-refractivity contribution >= 4 is 34.6 Å².